The summed E-state index contributed by atoms with van der Waals surface area (Å²) >= 11 is 0. The van der Waals surface area contributed by atoms with Gasteiger partial charge in [-0.1, -0.05) is 42.5 Å². The van der Waals surface area contributed by atoms with E-state index in [1.807, 2.05) is 18.2 Å². The SMILES string of the molecule is COc1ccc(CC2(C)C(=CC=CC3=[N+](C)c4ccc(OC)cc4C3(C)C)N(C)c3ccc4ccccc4c32)c(OC)c1. The van der Waals surface area contributed by atoms with Crippen molar-refractivity contribution in [1.29, 1.82) is 0 Å². The van der Waals surface area contributed by atoms with Crippen LogP contribution in [0.25, 0.3) is 10.8 Å². The third kappa shape index (κ3) is 4.50. The van der Waals surface area contributed by atoms with E-state index in [9.17, 15) is 0 Å². The summed E-state index contributed by atoms with van der Waals surface area (Å²) in [4.78, 5) is 2.36. The molecule has 1 atom stereocenters. The Bertz CT molecular complexity index is 1830. The van der Waals surface area contributed by atoms with Gasteiger partial charge in [0.2, 0.25) is 5.69 Å². The van der Waals surface area contributed by atoms with Crippen LogP contribution in [0.4, 0.5) is 11.4 Å². The van der Waals surface area contributed by atoms with Crippen molar-refractivity contribution in [2.24, 2.45) is 0 Å². The summed E-state index contributed by atoms with van der Waals surface area (Å²) in [5.41, 5.74) is 8.23. The highest BCUT2D eigenvalue weighted by molar-refractivity contribution is 6.03. The fourth-order valence-electron chi connectivity index (χ4n) is 7.27. The van der Waals surface area contributed by atoms with E-state index >= 15 is 0 Å². The molecular formula is C38H41N2O3+. The van der Waals surface area contributed by atoms with Crippen LogP contribution in [0.3, 0.4) is 0 Å². The third-order valence-corrected chi connectivity index (χ3v) is 9.53. The standard InChI is InChI=1S/C38H41N2O3/c1-37(2)30-22-27(41-6)19-21-31(30)39(4)34(37)14-11-15-35-38(3,24-26-16-18-28(42-7)23-33(26)43-8)36-29-13-10-9-12-25(29)17-20-32(36)40(35)5/h9-23H,24H2,1-8H3/q+1. The van der Waals surface area contributed by atoms with Gasteiger partial charge in [-0.15, -0.1) is 0 Å². The normalized spacial score (nSPS) is 19.8. The number of allylic oxidation sites excluding steroid dienone is 4. The predicted octanol–water partition coefficient (Wildman–Crippen LogP) is 7.96. The highest BCUT2D eigenvalue weighted by Gasteiger charge is 2.45. The first-order valence-corrected chi connectivity index (χ1v) is 14.8. The van der Waals surface area contributed by atoms with Crippen molar-refractivity contribution in [2.45, 2.75) is 38.0 Å². The number of ether oxygens (including phenoxy) is 3. The second-order valence-electron chi connectivity index (χ2n) is 12.3. The van der Waals surface area contributed by atoms with E-state index in [2.05, 4.69) is 117 Å². The second kappa shape index (κ2) is 10.6. The first-order chi connectivity index (χ1) is 20.6. The number of anilines is 1. The first-order valence-electron chi connectivity index (χ1n) is 14.8. The Labute approximate surface area is 255 Å². The summed E-state index contributed by atoms with van der Waals surface area (Å²) in [6.07, 6.45) is 7.56. The van der Waals surface area contributed by atoms with Crippen LogP contribution in [0.2, 0.25) is 0 Å². The van der Waals surface area contributed by atoms with Gasteiger partial charge in [-0.05, 0) is 79.4 Å². The molecule has 0 aliphatic carbocycles. The molecule has 5 heteroatoms. The second-order valence-corrected chi connectivity index (χ2v) is 12.3. The molecule has 4 aromatic rings. The lowest BCUT2D eigenvalue weighted by molar-refractivity contribution is -0.401. The van der Waals surface area contributed by atoms with Crippen molar-refractivity contribution in [3.8, 4) is 17.2 Å². The van der Waals surface area contributed by atoms with Crippen LogP contribution < -0.4 is 19.1 Å². The Balaban J connectivity index is 1.47. The van der Waals surface area contributed by atoms with Gasteiger partial charge in [-0.25, -0.2) is 0 Å². The van der Waals surface area contributed by atoms with E-state index < -0.39 is 0 Å². The van der Waals surface area contributed by atoms with Crippen LogP contribution in [0.15, 0.2) is 96.7 Å². The van der Waals surface area contributed by atoms with E-state index in [1.54, 1.807) is 21.3 Å². The van der Waals surface area contributed by atoms with Gasteiger partial charge >= 0.3 is 0 Å². The molecule has 0 saturated carbocycles. The summed E-state index contributed by atoms with van der Waals surface area (Å²) in [7, 11) is 9.48. The van der Waals surface area contributed by atoms with E-state index in [0.29, 0.717) is 0 Å². The molecule has 1 unspecified atom stereocenters. The summed E-state index contributed by atoms with van der Waals surface area (Å²) in [6.45, 7) is 6.93. The summed E-state index contributed by atoms with van der Waals surface area (Å²) in [6, 6.07) is 25.7. The van der Waals surface area contributed by atoms with Gasteiger partial charge in [-0.3, -0.25) is 0 Å². The summed E-state index contributed by atoms with van der Waals surface area (Å²) < 4.78 is 19.2. The molecule has 220 valence electrons. The Kier molecular flexibility index (Phi) is 7.08. The van der Waals surface area contributed by atoms with E-state index in [-0.39, 0.29) is 10.8 Å². The molecule has 6 rings (SSSR count). The smallest absolute Gasteiger partial charge is 0.209 e. The maximum atomic E-state index is 5.87. The maximum Gasteiger partial charge on any atom is 0.209 e. The van der Waals surface area contributed by atoms with E-state index in [1.165, 1.54) is 44.7 Å². The number of hydrogen-bond acceptors (Lipinski definition) is 4. The number of rotatable bonds is 7. The molecular weight excluding hydrogens is 532 g/mol. The fraction of sp³-hybridized carbons (Fsp3) is 0.289. The number of nitrogens with zero attached hydrogens (tertiary/aromatic N) is 2. The summed E-state index contributed by atoms with van der Waals surface area (Å²) in [5, 5.41) is 2.53. The quantitative estimate of drug-likeness (QED) is 0.210. The van der Waals surface area contributed by atoms with Gasteiger partial charge in [0, 0.05) is 47.6 Å². The number of hydrogen-bond donors (Lipinski definition) is 0. The molecule has 4 aromatic carbocycles. The minimum atomic E-state index is -0.310. The van der Waals surface area contributed by atoms with E-state index in [0.717, 1.165) is 29.2 Å². The molecule has 0 N–H and O–H groups in total. The molecule has 0 amide bonds. The third-order valence-electron chi connectivity index (χ3n) is 9.53. The maximum absolute atomic E-state index is 5.87. The van der Waals surface area contributed by atoms with Gasteiger partial charge in [0.05, 0.1) is 26.7 Å². The van der Waals surface area contributed by atoms with Gasteiger partial charge < -0.3 is 19.1 Å². The highest BCUT2D eigenvalue weighted by Crippen LogP contribution is 2.52. The topological polar surface area (TPSA) is 33.9 Å². The molecule has 43 heavy (non-hydrogen) atoms. The minimum absolute atomic E-state index is 0.159. The number of methoxy groups -OCH3 is 3. The highest BCUT2D eigenvalue weighted by atomic mass is 16.5. The molecule has 0 spiro atoms. The lowest BCUT2D eigenvalue weighted by Gasteiger charge is -2.30. The molecule has 2 aliphatic rings. The van der Waals surface area contributed by atoms with Crippen molar-refractivity contribution in [2.75, 3.05) is 40.3 Å². The van der Waals surface area contributed by atoms with E-state index in [4.69, 9.17) is 14.2 Å². The zero-order valence-electron chi connectivity index (χ0n) is 26.5. The number of benzene rings is 4. The number of likely N-dealkylation sites (N-methyl/N-ethyl adjacent to an activating group) is 1. The zero-order valence-corrected chi connectivity index (χ0v) is 26.5. The Morgan fingerprint density at radius 3 is 2.30 bits per heavy atom. The molecule has 0 saturated heterocycles. The van der Waals surface area contributed by atoms with Crippen molar-refractivity contribution in [1.82, 2.24) is 0 Å². The van der Waals surface area contributed by atoms with Crippen molar-refractivity contribution >= 4 is 27.9 Å². The van der Waals surface area contributed by atoms with Crippen LogP contribution in [-0.2, 0) is 17.3 Å². The van der Waals surface area contributed by atoms with Gasteiger partial charge in [0.15, 0.2) is 5.71 Å². The molecule has 2 aliphatic heterocycles. The van der Waals surface area contributed by atoms with Gasteiger partial charge in [0.25, 0.3) is 0 Å². The minimum Gasteiger partial charge on any atom is -0.497 e. The van der Waals surface area contributed by atoms with Crippen LogP contribution in [-0.4, -0.2) is 45.7 Å². The fourth-order valence-corrected chi connectivity index (χ4v) is 7.27. The summed E-state index contributed by atoms with van der Waals surface area (Å²) in [5.74, 6) is 2.51. The Morgan fingerprint density at radius 2 is 1.56 bits per heavy atom. The van der Waals surface area contributed by atoms with Crippen LogP contribution in [0.1, 0.15) is 37.5 Å². The number of fused-ring (bicyclic) bond motifs is 4. The van der Waals surface area contributed by atoms with Crippen LogP contribution in [0.5, 0.6) is 17.2 Å². The average Bonchev–Trinajstić information content (AvgIpc) is 3.35. The van der Waals surface area contributed by atoms with Crippen molar-refractivity contribution in [3.05, 3.63) is 113 Å². The zero-order chi connectivity index (χ0) is 30.5. The van der Waals surface area contributed by atoms with Crippen molar-refractivity contribution < 1.29 is 18.8 Å². The van der Waals surface area contributed by atoms with Gasteiger partial charge in [0.1, 0.15) is 24.3 Å². The molecule has 5 nitrogen and oxygen atoms in total. The van der Waals surface area contributed by atoms with Crippen molar-refractivity contribution in [3.63, 3.8) is 0 Å². The van der Waals surface area contributed by atoms with Gasteiger partial charge in [-0.2, -0.15) is 4.58 Å². The largest absolute Gasteiger partial charge is 0.497 e. The average molecular weight is 574 g/mol. The molecule has 0 fully saturated rings. The van der Waals surface area contributed by atoms with Crippen LogP contribution >= 0.6 is 0 Å². The van der Waals surface area contributed by atoms with Crippen LogP contribution in [0, 0.1) is 0 Å². The Morgan fingerprint density at radius 1 is 0.837 bits per heavy atom. The Hall–Kier alpha value is -4.51. The lowest BCUT2D eigenvalue weighted by atomic mass is 9.74. The monoisotopic (exact) mass is 573 g/mol. The molecule has 0 radical (unpaired) electrons. The first kappa shape index (κ1) is 28.6. The molecule has 2 heterocycles. The lowest BCUT2D eigenvalue weighted by Crippen LogP contribution is -2.29. The molecule has 0 bridgehead atoms. The molecule has 0 aromatic heterocycles. The predicted molar refractivity (Wildman–Crippen MR) is 177 cm³/mol.